The van der Waals surface area contributed by atoms with Crippen LogP contribution in [0.4, 0.5) is 0 Å². The second-order valence-electron chi connectivity index (χ2n) is 7.94. The fraction of sp³-hybridized carbons (Fsp3) is 0.684. The Kier molecular flexibility index (Phi) is 4.58. The van der Waals surface area contributed by atoms with Gasteiger partial charge in [-0.25, -0.2) is 0 Å². The molecule has 0 radical (unpaired) electrons. The molecule has 0 bridgehead atoms. The fourth-order valence-corrected chi connectivity index (χ4v) is 5.49. The number of nitrogens with zero attached hydrogens (tertiary/aromatic N) is 3. The van der Waals surface area contributed by atoms with Crippen molar-refractivity contribution in [3.05, 3.63) is 22.4 Å². The molecule has 0 aromatic carbocycles. The summed E-state index contributed by atoms with van der Waals surface area (Å²) >= 11 is 1.52. The predicted molar refractivity (Wildman–Crippen MR) is 98.7 cm³/mol. The molecule has 1 aromatic heterocycles. The Bertz CT molecular complexity index is 631. The van der Waals surface area contributed by atoms with Crippen LogP contribution in [0.2, 0.25) is 0 Å². The van der Waals surface area contributed by atoms with Crippen molar-refractivity contribution < 1.29 is 9.59 Å². The Labute approximate surface area is 153 Å². The molecule has 3 aliphatic heterocycles. The molecule has 3 saturated heterocycles. The molecule has 3 fully saturated rings. The van der Waals surface area contributed by atoms with Crippen LogP contribution in [0.3, 0.4) is 0 Å². The number of amides is 2. The van der Waals surface area contributed by atoms with Gasteiger partial charge in [0.2, 0.25) is 5.91 Å². The third-order valence-electron chi connectivity index (χ3n) is 6.29. The fourth-order valence-electron chi connectivity index (χ4n) is 4.80. The summed E-state index contributed by atoms with van der Waals surface area (Å²) in [6, 6.07) is 3.88. The average molecular weight is 362 g/mol. The Morgan fingerprint density at radius 1 is 1.12 bits per heavy atom. The number of thiophene rings is 1. The van der Waals surface area contributed by atoms with Gasteiger partial charge < -0.3 is 9.80 Å². The summed E-state index contributed by atoms with van der Waals surface area (Å²) in [5.41, 5.74) is 0.209. The number of hydrogen-bond donors (Lipinski definition) is 0. The molecule has 4 rings (SSSR count). The highest BCUT2D eigenvalue weighted by molar-refractivity contribution is 7.12. The van der Waals surface area contributed by atoms with Crippen LogP contribution < -0.4 is 0 Å². The predicted octanol–water partition coefficient (Wildman–Crippen LogP) is 2.30. The number of piperidine rings is 1. The number of carbonyl (C=O) groups excluding carboxylic acids is 2. The molecule has 3 aliphatic rings. The van der Waals surface area contributed by atoms with E-state index in [1.165, 1.54) is 11.3 Å². The molecule has 2 amide bonds. The number of rotatable bonds is 2. The van der Waals surface area contributed by atoms with Gasteiger partial charge in [-0.1, -0.05) is 6.07 Å². The van der Waals surface area contributed by atoms with E-state index in [0.29, 0.717) is 5.91 Å². The molecule has 25 heavy (non-hydrogen) atoms. The average Bonchev–Trinajstić information content (AvgIpc) is 3.36. The summed E-state index contributed by atoms with van der Waals surface area (Å²) in [7, 11) is 2.09. The largest absolute Gasteiger partial charge is 0.341 e. The van der Waals surface area contributed by atoms with Gasteiger partial charge in [0, 0.05) is 32.7 Å². The quantitative estimate of drug-likeness (QED) is 0.812. The molecular formula is C19H27N3O2S. The number of hydrogen-bond acceptors (Lipinski definition) is 4. The molecule has 0 saturated carbocycles. The minimum atomic E-state index is 0.0395. The zero-order valence-corrected chi connectivity index (χ0v) is 15.8. The molecule has 136 valence electrons. The van der Waals surface area contributed by atoms with Gasteiger partial charge in [-0.3, -0.25) is 14.5 Å². The Morgan fingerprint density at radius 2 is 1.84 bits per heavy atom. The van der Waals surface area contributed by atoms with Crippen LogP contribution in [0.25, 0.3) is 0 Å². The van der Waals surface area contributed by atoms with E-state index in [9.17, 15) is 9.59 Å². The molecule has 5 nitrogen and oxygen atoms in total. The van der Waals surface area contributed by atoms with Crippen molar-refractivity contribution in [2.24, 2.45) is 5.41 Å². The van der Waals surface area contributed by atoms with Crippen LogP contribution in [-0.2, 0) is 4.79 Å². The van der Waals surface area contributed by atoms with Gasteiger partial charge in [0.15, 0.2) is 0 Å². The van der Waals surface area contributed by atoms with Crippen LogP contribution in [0.15, 0.2) is 17.5 Å². The Morgan fingerprint density at radius 3 is 2.48 bits per heavy atom. The summed E-state index contributed by atoms with van der Waals surface area (Å²) in [6.45, 7) is 4.47. The van der Waals surface area contributed by atoms with Gasteiger partial charge in [0.25, 0.3) is 5.91 Å². The topological polar surface area (TPSA) is 43.9 Å². The maximum Gasteiger partial charge on any atom is 0.263 e. The van der Waals surface area contributed by atoms with E-state index >= 15 is 0 Å². The van der Waals surface area contributed by atoms with E-state index in [-0.39, 0.29) is 17.4 Å². The van der Waals surface area contributed by atoms with Crippen molar-refractivity contribution in [3.8, 4) is 0 Å². The highest BCUT2D eigenvalue weighted by Gasteiger charge is 2.48. The lowest BCUT2D eigenvalue weighted by molar-refractivity contribution is -0.134. The molecule has 0 aliphatic carbocycles. The summed E-state index contributed by atoms with van der Waals surface area (Å²) in [5.74, 6) is 0.495. The molecule has 1 atom stereocenters. The van der Waals surface area contributed by atoms with Crippen LogP contribution in [0.5, 0.6) is 0 Å². The highest BCUT2D eigenvalue weighted by Crippen LogP contribution is 2.43. The van der Waals surface area contributed by atoms with Crippen LogP contribution in [0.1, 0.15) is 41.8 Å². The smallest absolute Gasteiger partial charge is 0.263 e. The van der Waals surface area contributed by atoms with Gasteiger partial charge in [0.05, 0.1) is 10.9 Å². The minimum Gasteiger partial charge on any atom is -0.341 e. The SMILES string of the molecule is CN1CC2(CCN(C(=O)c3cccs3)CC2)CC1C(=O)N1CCCC1. The summed E-state index contributed by atoms with van der Waals surface area (Å²) in [4.78, 5) is 32.5. The van der Waals surface area contributed by atoms with E-state index in [1.807, 2.05) is 22.4 Å². The van der Waals surface area contributed by atoms with Crippen LogP contribution >= 0.6 is 11.3 Å². The Balaban J connectivity index is 1.38. The van der Waals surface area contributed by atoms with Crippen LogP contribution in [-0.4, -0.2) is 72.3 Å². The summed E-state index contributed by atoms with van der Waals surface area (Å²) in [6.07, 6.45) is 5.27. The molecule has 1 spiro atoms. The third kappa shape index (κ3) is 3.22. The van der Waals surface area contributed by atoms with E-state index in [2.05, 4.69) is 16.8 Å². The van der Waals surface area contributed by atoms with E-state index in [4.69, 9.17) is 0 Å². The van der Waals surface area contributed by atoms with E-state index < -0.39 is 0 Å². The van der Waals surface area contributed by atoms with Gasteiger partial charge in [-0.15, -0.1) is 11.3 Å². The van der Waals surface area contributed by atoms with Gasteiger partial charge >= 0.3 is 0 Å². The van der Waals surface area contributed by atoms with E-state index in [1.54, 1.807) is 0 Å². The second kappa shape index (κ2) is 6.72. The maximum absolute atomic E-state index is 12.8. The maximum atomic E-state index is 12.8. The van der Waals surface area contributed by atoms with Gasteiger partial charge in [-0.2, -0.15) is 0 Å². The first-order chi connectivity index (χ1) is 12.1. The monoisotopic (exact) mass is 361 g/mol. The van der Waals surface area contributed by atoms with Gasteiger partial charge in [-0.05, 0) is 56.0 Å². The van der Waals surface area contributed by atoms with Crippen molar-refractivity contribution in [1.82, 2.24) is 14.7 Å². The molecule has 6 heteroatoms. The van der Waals surface area contributed by atoms with Crippen molar-refractivity contribution >= 4 is 23.2 Å². The summed E-state index contributed by atoms with van der Waals surface area (Å²) < 4.78 is 0. The molecule has 1 aromatic rings. The molecule has 0 N–H and O–H groups in total. The molecule has 4 heterocycles. The summed E-state index contributed by atoms with van der Waals surface area (Å²) in [5, 5.41) is 1.96. The normalized spacial score (nSPS) is 26.5. The zero-order valence-electron chi connectivity index (χ0n) is 14.9. The second-order valence-corrected chi connectivity index (χ2v) is 8.88. The number of carbonyl (C=O) groups is 2. The lowest BCUT2D eigenvalue weighted by Crippen LogP contribution is -2.44. The van der Waals surface area contributed by atoms with Crippen LogP contribution in [0, 0.1) is 5.41 Å². The van der Waals surface area contributed by atoms with E-state index in [0.717, 1.165) is 69.7 Å². The van der Waals surface area contributed by atoms with Gasteiger partial charge in [0.1, 0.15) is 0 Å². The first-order valence-electron chi connectivity index (χ1n) is 9.40. The van der Waals surface area contributed by atoms with Crippen molar-refractivity contribution in [2.45, 2.75) is 38.1 Å². The third-order valence-corrected chi connectivity index (χ3v) is 7.15. The van der Waals surface area contributed by atoms with Crippen molar-refractivity contribution in [3.63, 3.8) is 0 Å². The number of likely N-dealkylation sites (tertiary alicyclic amines) is 3. The highest BCUT2D eigenvalue weighted by atomic mass is 32.1. The lowest BCUT2D eigenvalue weighted by atomic mass is 9.76. The molecule has 1 unspecified atom stereocenters. The number of likely N-dealkylation sites (N-methyl/N-ethyl adjacent to an activating group) is 1. The minimum absolute atomic E-state index is 0.0395. The Hall–Kier alpha value is -1.40. The van der Waals surface area contributed by atoms with Crippen molar-refractivity contribution in [1.29, 1.82) is 0 Å². The molecular weight excluding hydrogens is 334 g/mol. The first kappa shape index (κ1) is 17.0. The van der Waals surface area contributed by atoms with Crippen molar-refractivity contribution in [2.75, 3.05) is 39.8 Å². The first-order valence-corrected chi connectivity index (χ1v) is 10.3. The lowest BCUT2D eigenvalue weighted by Gasteiger charge is -2.39. The zero-order chi connectivity index (χ0) is 17.4. The standard InChI is InChI=1S/C19H27N3O2S/c1-20-14-19(13-15(20)17(23)21-8-2-3-9-21)6-10-22(11-7-19)18(24)16-5-4-12-25-16/h4-5,12,15H,2-3,6-11,13-14H2,1H3.